The van der Waals surface area contributed by atoms with Crippen molar-refractivity contribution in [3.63, 3.8) is 0 Å². The molecule has 0 aliphatic carbocycles. The lowest BCUT2D eigenvalue weighted by atomic mass is 9.83. The molecule has 0 radical (unpaired) electrons. The van der Waals surface area contributed by atoms with Gasteiger partial charge in [-0.15, -0.1) is 0 Å². The molecule has 0 spiro atoms. The van der Waals surface area contributed by atoms with Crippen LogP contribution in [-0.4, -0.2) is 0 Å². The van der Waals surface area contributed by atoms with Crippen molar-refractivity contribution in [1.29, 1.82) is 0 Å². The first-order valence-corrected chi connectivity index (χ1v) is 32.9. The monoisotopic (exact) mass is 1200 g/mol. The molecule has 18 aromatic rings. The van der Waals surface area contributed by atoms with Crippen molar-refractivity contribution in [3.8, 4) is 44.5 Å². The molecule has 0 atom stereocenters. The fourth-order valence-corrected chi connectivity index (χ4v) is 15.3. The van der Waals surface area contributed by atoms with Gasteiger partial charge in [0, 0.05) is 54.2 Å². The predicted octanol–water partition coefficient (Wildman–Crippen LogP) is 26.5. The van der Waals surface area contributed by atoms with Crippen LogP contribution in [0.5, 0.6) is 0 Å². The molecule has 0 bridgehead atoms. The summed E-state index contributed by atoms with van der Waals surface area (Å²) >= 11 is 0. The average Bonchev–Trinajstić information content (AvgIpc) is 0.814. The number of rotatable bonds is 12. The van der Waals surface area contributed by atoms with E-state index in [-0.39, 0.29) is 11.8 Å². The summed E-state index contributed by atoms with van der Waals surface area (Å²) in [6.07, 6.45) is 0. The van der Waals surface area contributed by atoms with E-state index in [1.54, 1.807) is 0 Å². The van der Waals surface area contributed by atoms with E-state index < -0.39 is 0 Å². The molecule has 16 aromatic carbocycles. The van der Waals surface area contributed by atoms with Gasteiger partial charge in [-0.1, -0.05) is 282 Å². The second-order valence-corrected chi connectivity index (χ2v) is 25.8. The van der Waals surface area contributed by atoms with Crippen LogP contribution in [0.4, 0.5) is 34.1 Å². The summed E-state index contributed by atoms with van der Waals surface area (Å²) in [5.41, 5.74) is 21.2. The zero-order valence-corrected chi connectivity index (χ0v) is 52.7. The second kappa shape index (κ2) is 22.0. The van der Waals surface area contributed by atoms with E-state index in [1.807, 2.05) is 0 Å². The molecule has 0 N–H and O–H groups in total. The summed E-state index contributed by atoms with van der Waals surface area (Å²) in [6.45, 7) is 9.43. The smallest absolute Gasteiger partial charge is 0.159 e. The third-order valence-electron chi connectivity index (χ3n) is 19.7. The Morgan fingerprint density at radius 3 is 1.00 bits per heavy atom. The number of fused-ring (bicyclic) bond motifs is 8. The highest BCUT2D eigenvalue weighted by atomic mass is 16.3. The van der Waals surface area contributed by atoms with E-state index in [9.17, 15) is 0 Å². The summed E-state index contributed by atoms with van der Waals surface area (Å²) in [5, 5.41) is 16.0. The SMILES string of the molecule is CC(C)c1cc(N(c2c(-c3ccccc3)ccc3ccc(-c4ccccc4)cc23)c2cccc3c2oc2ccccc23)c2ccc3c(C(C)C)cc(N(c4c(-c5ccccc5)ccc5ccc(-c6ccccc6)cc45)c4cccc5c4oc4ccccc45)c4ccc1c2c34. The fraction of sp³-hybridized carbons (Fsp3) is 0.0667. The van der Waals surface area contributed by atoms with Gasteiger partial charge in [-0.2, -0.15) is 0 Å². The van der Waals surface area contributed by atoms with Gasteiger partial charge in [0.2, 0.25) is 0 Å². The number of benzene rings is 16. The van der Waals surface area contributed by atoms with Crippen LogP contribution in [0.3, 0.4) is 0 Å². The largest absolute Gasteiger partial charge is 0.454 e. The highest BCUT2D eigenvalue weighted by Gasteiger charge is 2.32. The Hall–Kier alpha value is -11.7. The molecule has 0 unspecified atom stereocenters. The molecule has 0 fully saturated rings. The normalized spacial score (nSPS) is 12.0. The lowest BCUT2D eigenvalue weighted by molar-refractivity contribution is 0.669. The van der Waals surface area contributed by atoms with Gasteiger partial charge in [-0.3, -0.25) is 0 Å². The Morgan fingerprint density at radius 2 is 0.596 bits per heavy atom. The topological polar surface area (TPSA) is 32.8 Å². The molecule has 4 heteroatoms. The molecule has 2 aromatic heterocycles. The van der Waals surface area contributed by atoms with E-state index in [0.29, 0.717) is 0 Å². The second-order valence-electron chi connectivity index (χ2n) is 25.8. The molecule has 446 valence electrons. The minimum absolute atomic E-state index is 0.132. The van der Waals surface area contributed by atoms with Gasteiger partial charge in [-0.05, 0) is 137 Å². The molecular weight excluding hydrogens is 1140 g/mol. The van der Waals surface area contributed by atoms with Crippen LogP contribution in [0, 0.1) is 0 Å². The zero-order valence-electron chi connectivity index (χ0n) is 52.7. The molecule has 0 amide bonds. The van der Waals surface area contributed by atoms with Gasteiger partial charge in [-0.25, -0.2) is 0 Å². The van der Waals surface area contributed by atoms with Crippen LogP contribution in [-0.2, 0) is 0 Å². The van der Waals surface area contributed by atoms with E-state index in [2.05, 4.69) is 341 Å². The minimum atomic E-state index is 0.132. The van der Waals surface area contributed by atoms with Crippen molar-refractivity contribution in [2.24, 2.45) is 0 Å². The molecule has 0 aliphatic heterocycles. The summed E-state index contributed by atoms with van der Waals surface area (Å²) < 4.78 is 14.5. The van der Waals surface area contributed by atoms with Crippen molar-refractivity contribution >= 4 is 132 Å². The molecule has 0 saturated heterocycles. The van der Waals surface area contributed by atoms with Crippen LogP contribution in [0.15, 0.2) is 312 Å². The zero-order chi connectivity index (χ0) is 62.7. The first kappa shape index (κ1) is 55.1. The quantitative estimate of drug-likeness (QED) is 0.114. The summed E-state index contributed by atoms with van der Waals surface area (Å²) in [5.74, 6) is 0.263. The van der Waals surface area contributed by atoms with Crippen LogP contribution >= 0.6 is 0 Å². The first-order chi connectivity index (χ1) is 46.3. The van der Waals surface area contributed by atoms with Gasteiger partial charge in [0.05, 0.1) is 34.1 Å². The number of hydrogen-bond donors (Lipinski definition) is 0. The standard InChI is InChI=1S/C90H64N2O2/c1-55(2)75-53-81(91(79-35-21-33-71-67-31-17-19-37-83(67)93-89(71)79)87-65(59-27-13-7-14-28-59)45-43-61-39-41-63(51-77(61)87)57-23-9-5-10-24-57)73-50-48-70-76(56(3)4)54-82(74-49-47-69(75)85(73)86(70)74)92(80-36-22-34-72-68-32-18-20-38-84(68)94-90(72)80)88-66(60-29-15-8-16-30-60)46-44-62-40-42-64(52-78(62)88)58-25-11-6-12-26-58/h5-56H,1-4H3. The number of furan rings is 2. The summed E-state index contributed by atoms with van der Waals surface area (Å²) in [4.78, 5) is 5.15. The Morgan fingerprint density at radius 1 is 0.245 bits per heavy atom. The van der Waals surface area contributed by atoms with Gasteiger partial charge in [0.1, 0.15) is 11.2 Å². The Bertz CT molecular complexity index is 5600. The maximum absolute atomic E-state index is 7.23. The molecule has 2 heterocycles. The van der Waals surface area contributed by atoms with Crippen molar-refractivity contribution in [1.82, 2.24) is 0 Å². The van der Waals surface area contributed by atoms with Crippen LogP contribution in [0.2, 0.25) is 0 Å². The van der Waals surface area contributed by atoms with Crippen molar-refractivity contribution in [2.75, 3.05) is 9.80 Å². The lowest BCUT2D eigenvalue weighted by Gasteiger charge is -2.33. The van der Waals surface area contributed by atoms with Crippen LogP contribution in [0.25, 0.3) is 142 Å². The van der Waals surface area contributed by atoms with Crippen molar-refractivity contribution in [2.45, 2.75) is 39.5 Å². The molecule has 18 rings (SSSR count). The number of anilines is 6. The average molecular weight is 1210 g/mol. The number of nitrogens with zero attached hydrogens (tertiary/aromatic N) is 2. The maximum Gasteiger partial charge on any atom is 0.159 e. The van der Waals surface area contributed by atoms with Crippen LogP contribution in [0.1, 0.15) is 50.7 Å². The third kappa shape index (κ3) is 8.74. The molecule has 0 aliphatic rings. The Balaban J connectivity index is 1.01. The van der Waals surface area contributed by atoms with E-state index in [0.717, 1.165) is 155 Å². The maximum atomic E-state index is 7.23. The van der Waals surface area contributed by atoms with Gasteiger partial charge >= 0.3 is 0 Å². The highest BCUT2D eigenvalue weighted by Crippen LogP contribution is 2.57. The minimum Gasteiger partial charge on any atom is -0.454 e. The van der Waals surface area contributed by atoms with E-state index in [1.165, 1.54) is 32.7 Å². The molecule has 94 heavy (non-hydrogen) atoms. The van der Waals surface area contributed by atoms with Crippen LogP contribution < -0.4 is 9.80 Å². The lowest BCUT2D eigenvalue weighted by Crippen LogP contribution is -2.15. The van der Waals surface area contributed by atoms with Gasteiger partial charge in [0.15, 0.2) is 11.2 Å². The third-order valence-corrected chi connectivity index (χ3v) is 19.7. The molecule has 0 saturated carbocycles. The Kier molecular flexibility index (Phi) is 12.9. The summed E-state index contributed by atoms with van der Waals surface area (Å²) in [6, 6.07) is 112. The number of hydrogen-bond acceptors (Lipinski definition) is 4. The van der Waals surface area contributed by atoms with E-state index in [4.69, 9.17) is 8.83 Å². The van der Waals surface area contributed by atoms with Gasteiger partial charge < -0.3 is 18.6 Å². The predicted molar refractivity (Wildman–Crippen MR) is 399 cm³/mol. The van der Waals surface area contributed by atoms with Crippen molar-refractivity contribution < 1.29 is 8.83 Å². The highest BCUT2D eigenvalue weighted by molar-refractivity contribution is 6.31. The first-order valence-electron chi connectivity index (χ1n) is 32.9. The van der Waals surface area contributed by atoms with E-state index >= 15 is 0 Å². The van der Waals surface area contributed by atoms with Crippen molar-refractivity contribution in [3.05, 3.63) is 314 Å². The molecule has 4 nitrogen and oxygen atoms in total. The van der Waals surface area contributed by atoms with Gasteiger partial charge in [0.25, 0.3) is 0 Å². The fourth-order valence-electron chi connectivity index (χ4n) is 15.3. The number of para-hydroxylation sites is 4. The summed E-state index contributed by atoms with van der Waals surface area (Å²) in [7, 11) is 0. The Labute approximate surface area is 545 Å². The molecular formula is C90H64N2O2.